The molecule has 0 bridgehead atoms. The summed E-state index contributed by atoms with van der Waals surface area (Å²) < 4.78 is 6.63. The molecule has 3 rings (SSSR count). The third kappa shape index (κ3) is 3.03. The number of imidazole rings is 1. The second-order valence-electron chi connectivity index (χ2n) is 5.43. The Hall–Kier alpha value is -2.83. The van der Waals surface area contributed by atoms with Crippen LogP contribution in [0.15, 0.2) is 33.6 Å². The summed E-state index contributed by atoms with van der Waals surface area (Å²) in [4.78, 5) is 26.7. The zero-order valence-electron chi connectivity index (χ0n) is 13.0. The number of amides is 1. The van der Waals surface area contributed by atoms with E-state index in [0.29, 0.717) is 18.8 Å². The van der Waals surface area contributed by atoms with Crippen LogP contribution in [0, 0.1) is 13.8 Å². The third-order valence-corrected chi connectivity index (χ3v) is 3.89. The first-order valence-electron chi connectivity index (χ1n) is 7.42. The van der Waals surface area contributed by atoms with Crippen molar-refractivity contribution in [1.82, 2.24) is 20.0 Å². The van der Waals surface area contributed by atoms with Gasteiger partial charge in [0.15, 0.2) is 0 Å². The fourth-order valence-corrected chi connectivity index (χ4v) is 2.57. The lowest BCUT2D eigenvalue weighted by molar-refractivity contribution is -0.121. The number of benzene rings is 1. The molecular formula is C16H18N4O3. The Kier molecular flexibility index (Phi) is 4.01. The van der Waals surface area contributed by atoms with E-state index in [-0.39, 0.29) is 18.0 Å². The van der Waals surface area contributed by atoms with E-state index in [1.165, 1.54) is 0 Å². The van der Waals surface area contributed by atoms with Crippen molar-refractivity contribution >= 4 is 16.9 Å². The van der Waals surface area contributed by atoms with E-state index in [4.69, 9.17) is 4.52 Å². The highest BCUT2D eigenvalue weighted by molar-refractivity contribution is 5.77. The van der Waals surface area contributed by atoms with Gasteiger partial charge in [0.1, 0.15) is 5.76 Å². The molecule has 0 aliphatic heterocycles. The summed E-state index contributed by atoms with van der Waals surface area (Å²) in [5, 5.41) is 6.68. The van der Waals surface area contributed by atoms with Crippen LogP contribution in [0.1, 0.15) is 23.4 Å². The van der Waals surface area contributed by atoms with Gasteiger partial charge in [0.25, 0.3) is 0 Å². The molecule has 1 amide bonds. The largest absolute Gasteiger partial charge is 0.361 e. The molecule has 0 aliphatic rings. The fraction of sp³-hybridized carbons (Fsp3) is 0.312. The third-order valence-electron chi connectivity index (χ3n) is 3.89. The van der Waals surface area contributed by atoms with Crippen molar-refractivity contribution in [3.63, 3.8) is 0 Å². The predicted molar refractivity (Wildman–Crippen MR) is 85.0 cm³/mol. The number of aryl methyl sites for hydroxylation is 3. The maximum absolute atomic E-state index is 12.0. The first-order valence-corrected chi connectivity index (χ1v) is 7.42. The van der Waals surface area contributed by atoms with Crippen LogP contribution in [0.5, 0.6) is 0 Å². The second kappa shape index (κ2) is 6.12. The average Bonchev–Trinajstić information content (AvgIpc) is 3.02. The smallest absolute Gasteiger partial charge is 0.326 e. The van der Waals surface area contributed by atoms with Gasteiger partial charge in [-0.25, -0.2) is 4.79 Å². The quantitative estimate of drug-likeness (QED) is 0.748. The van der Waals surface area contributed by atoms with Crippen molar-refractivity contribution in [3.05, 3.63) is 51.8 Å². The maximum atomic E-state index is 12.0. The number of aromatic amines is 1. The molecule has 0 saturated carbocycles. The number of hydrogen-bond acceptors (Lipinski definition) is 4. The normalized spacial score (nSPS) is 11.0. The van der Waals surface area contributed by atoms with E-state index in [1.54, 1.807) is 4.57 Å². The molecule has 120 valence electrons. The maximum Gasteiger partial charge on any atom is 0.326 e. The van der Waals surface area contributed by atoms with Crippen LogP contribution in [0.25, 0.3) is 11.0 Å². The molecule has 0 unspecified atom stereocenters. The zero-order valence-corrected chi connectivity index (χ0v) is 13.0. The highest BCUT2D eigenvalue weighted by atomic mass is 16.5. The molecule has 7 nitrogen and oxygen atoms in total. The van der Waals surface area contributed by atoms with Crippen molar-refractivity contribution in [3.8, 4) is 0 Å². The molecule has 3 aromatic rings. The molecule has 0 fully saturated rings. The zero-order chi connectivity index (χ0) is 16.4. The SMILES string of the molecule is Cc1noc(C)c1CNC(=O)CCn1c(=O)[nH]c2ccccc21. The molecule has 0 spiro atoms. The van der Waals surface area contributed by atoms with Gasteiger partial charge in [0.2, 0.25) is 5.91 Å². The monoisotopic (exact) mass is 314 g/mol. The topological polar surface area (TPSA) is 92.9 Å². The Morgan fingerprint density at radius 3 is 2.87 bits per heavy atom. The van der Waals surface area contributed by atoms with Gasteiger partial charge < -0.3 is 14.8 Å². The first-order chi connectivity index (χ1) is 11.1. The molecule has 2 aromatic heterocycles. The van der Waals surface area contributed by atoms with Crippen molar-refractivity contribution in [1.29, 1.82) is 0 Å². The number of para-hydroxylation sites is 2. The number of carbonyl (C=O) groups is 1. The Morgan fingerprint density at radius 2 is 2.13 bits per heavy atom. The minimum atomic E-state index is -0.204. The van der Waals surface area contributed by atoms with Crippen LogP contribution in [0.2, 0.25) is 0 Å². The fourth-order valence-electron chi connectivity index (χ4n) is 2.57. The summed E-state index contributed by atoms with van der Waals surface area (Å²) in [6.45, 7) is 4.36. The number of nitrogens with zero attached hydrogens (tertiary/aromatic N) is 2. The molecule has 2 heterocycles. The minimum absolute atomic E-state index is 0.123. The Bertz CT molecular complexity index is 884. The van der Waals surface area contributed by atoms with Crippen LogP contribution < -0.4 is 11.0 Å². The van der Waals surface area contributed by atoms with Crippen LogP contribution in [-0.2, 0) is 17.9 Å². The highest BCUT2D eigenvalue weighted by Gasteiger charge is 2.11. The Labute approximate surface area is 132 Å². The van der Waals surface area contributed by atoms with Crippen LogP contribution in [0.3, 0.4) is 0 Å². The lowest BCUT2D eigenvalue weighted by Crippen LogP contribution is -2.26. The van der Waals surface area contributed by atoms with Gasteiger partial charge in [0.05, 0.1) is 16.7 Å². The number of hydrogen-bond donors (Lipinski definition) is 2. The van der Waals surface area contributed by atoms with Gasteiger partial charge in [-0.1, -0.05) is 17.3 Å². The molecule has 7 heteroatoms. The van der Waals surface area contributed by atoms with Gasteiger partial charge in [-0.3, -0.25) is 9.36 Å². The number of H-pyrrole nitrogens is 1. The molecule has 0 radical (unpaired) electrons. The first kappa shape index (κ1) is 15.1. The van der Waals surface area contributed by atoms with E-state index in [0.717, 1.165) is 22.3 Å². The van der Waals surface area contributed by atoms with Gasteiger partial charge in [0, 0.05) is 25.1 Å². The number of rotatable bonds is 5. The second-order valence-corrected chi connectivity index (χ2v) is 5.43. The number of carbonyl (C=O) groups excluding carboxylic acids is 1. The minimum Gasteiger partial charge on any atom is -0.361 e. The van der Waals surface area contributed by atoms with Crippen molar-refractivity contribution in [2.75, 3.05) is 0 Å². The summed E-state index contributed by atoms with van der Waals surface area (Å²) in [6, 6.07) is 7.42. The molecule has 1 aromatic carbocycles. The van der Waals surface area contributed by atoms with Gasteiger partial charge in [-0.05, 0) is 26.0 Å². The number of fused-ring (bicyclic) bond motifs is 1. The van der Waals surface area contributed by atoms with Gasteiger partial charge in [-0.15, -0.1) is 0 Å². The summed E-state index contributed by atoms with van der Waals surface area (Å²) in [6.07, 6.45) is 0.227. The van der Waals surface area contributed by atoms with Crippen molar-refractivity contribution in [2.24, 2.45) is 0 Å². The van der Waals surface area contributed by atoms with Crippen molar-refractivity contribution in [2.45, 2.75) is 33.4 Å². The Balaban J connectivity index is 1.63. The number of aromatic nitrogens is 3. The lowest BCUT2D eigenvalue weighted by Gasteiger charge is -2.06. The van der Waals surface area contributed by atoms with E-state index in [1.807, 2.05) is 38.1 Å². The van der Waals surface area contributed by atoms with E-state index in [2.05, 4.69) is 15.5 Å². The van der Waals surface area contributed by atoms with Crippen LogP contribution in [0.4, 0.5) is 0 Å². The average molecular weight is 314 g/mol. The molecular weight excluding hydrogens is 296 g/mol. The summed E-state index contributed by atoms with van der Waals surface area (Å²) in [7, 11) is 0. The molecule has 23 heavy (non-hydrogen) atoms. The van der Waals surface area contributed by atoms with Crippen molar-refractivity contribution < 1.29 is 9.32 Å². The molecule has 0 aliphatic carbocycles. The Morgan fingerprint density at radius 1 is 1.35 bits per heavy atom. The summed E-state index contributed by atoms with van der Waals surface area (Å²) in [5.74, 6) is 0.581. The van der Waals surface area contributed by atoms with Crippen LogP contribution in [-0.4, -0.2) is 20.6 Å². The standard InChI is InChI=1S/C16H18N4O3/c1-10-12(11(2)23-19-10)9-17-15(21)7-8-20-14-6-4-3-5-13(14)18-16(20)22/h3-6H,7-9H2,1-2H3,(H,17,21)(H,18,22). The summed E-state index contributed by atoms with van der Waals surface area (Å²) in [5.41, 5.74) is 3.03. The predicted octanol–water partition coefficient (Wildman–Crippen LogP) is 1.64. The molecule has 0 saturated heterocycles. The van der Waals surface area contributed by atoms with Gasteiger partial charge in [-0.2, -0.15) is 0 Å². The van der Waals surface area contributed by atoms with E-state index < -0.39 is 0 Å². The highest BCUT2D eigenvalue weighted by Crippen LogP contribution is 2.12. The summed E-state index contributed by atoms with van der Waals surface area (Å²) >= 11 is 0. The molecule has 0 atom stereocenters. The molecule has 2 N–H and O–H groups in total. The number of nitrogens with one attached hydrogen (secondary N) is 2. The van der Waals surface area contributed by atoms with E-state index in [9.17, 15) is 9.59 Å². The lowest BCUT2D eigenvalue weighted by atomic mass is 10.2. The van der Waals surface area contributed by atoms with Gasteiger partial charge >= 0.3 is 5.69 Å². The van der Waals surface area contributed by atoms with E-state index >= 15 is 0 Å². The van der Waals surface area contributed by atoms with Crippen LogP contribution >= 0.6 is 0 Å².